The SMILES string of the molecule is Cc1ccc(SCC(=O)NC[C@@H]2COc3ccccc3O2)c(C)c1. The molecule has 1 amide bonds. The summed E-state index contributed by atoms with van der Waals surface area (Å²) in [4.78, 5) is 13.2. The number of ether oxygens (including phenoxy) is 2. The summed E-state index contributed by atoms with van der Waals surface area (Å²) in [7, 11) is 0. The Morgan fingerprint density at radius 1 is 1.21 bits per heavy atom. The number of hydrogen-bond donors (Lipinski definition) is 1. The number of para-hydroxylation sites is 2. The van der Waals surface area contributed by atoms with E-state index in [4.69, 9.17) is 9.47 Å². The normalized spacial score (nSPS) is 15.8. The molecule has 0 spiro atoms. The molecule has 0 fully saturated rings. The number of carbonyl (C=O) groups is 1. The van der Waals surface area contributed by atoms with Crippen molar-refractivity contribution in [3.05, 3.63) is 53.6 Å². The van der Waals surface area contributed by atoms with Gasteiger partial charge in [0.2, 0.25) is 5.91 Å². The molecule has 1 N–H and O–H groups in total. The van der Waals surface area contributed by atoms with Crippen molar-refractivity contribution in [3.63, 3.8) is 0 Å². The highest BCUT2D eigenvalue weighted by molar-refractivity contribution is 8.00. The minimum Gasteiger partial charge on any atom is -0.486 e. The molecule has 1 heterocycles. The standard InChI is InChI=1S/C19H21NO3S/c1-13-7-8-18(14(2)9-13)24-12-19(21)20-10-15-11-22-16-5-3-4-6-17(16)23-15/h3-9,15H,10-12H2,1-2H3,(H,20,21)/t15-/m1/s1. The lowest BCUT2D eigenvalue weighted by molar-refractivity contribution is -0.119. The molecule has 2 aromatic rings. The molecule has 3 rings (SSSR count). The largest absolute Gasteiger partial charge is 0.486 e. The second-order valence-electron chi connectivity index (χ2n) is 5.86. The Balaban J connectivity index is 1.45. The van der Waals surface area contributed by atoms with E-state index in [-0.39, 0.29) is 12.0 Å². The minimum absolute atomic E-state index is 0.00225. The highest BCUT2D eigenvalue weighted by Gasteiger charge is 2.20. The zero-order valence-corrected chi connectivity index (χ0v) is 14.7. The molecular formula is C19H21NO3S. The summed E-state index contributed by atoms with van der Waals surface area (Å²) in [5, 5.41) is 2.92. The van der Waals surface area contributed by atoms with Crippen LogP contribution in [0.3, 0.4) is 0 Å². The molecule has 5 heteroatoms. The van der Waals surface area contributed by atoms with Crippen molar-refractivity contribution in [2.24, 2.45) is 0 Å². The van der Waals surface area contributed by atoms with Gasteiger partial charge < -0.3 is 14.8 Å². The van der Waals surface area contributed by atoms with E-state index < -0.39 is 0 Å². The van der Waals surface area contributed by atoms with Gasteiger partial charge in [-0.2, -0.15) is 0 Å². The molecule has 126 valence electrons. The van der Waals surface area contributed by atoms with Crippen LogP contribution in [0, 0.1) is 13.8 Å². The van der Waals surface area contributed by atoms with Gasteiger partial charge in [0.15, 0.2) is 11.5 Å². The van der Waals surface area contributed by atoms with Gasteiger partial charge in [-0.25, -0.2) is 0 Å². The predicted octanol–water partition coefficient (Wildman–Crippen LogP) is 3.35. The van der Waals surface area contributed by atoms with E-state index in [1.54, 1.807) is 11.8 Å². The summed E-state index contributed by atoms with van der Waals surface area (Å²) in [5.74, 6) is 1.88. The van der Waals surface area contributed by atoms with Crippen LogP contribution in [0.2, 0.25) is 0 Å². The van der Waals surface area contributed by atoms with Gasteiger partial charge in [0.1, 0.15) is 12.7 Å². The summed E-state index contributed by atoms with van der Waals surface area (Å²) < 4.78 is 11.5. The van der Waals surface area contributed by atoms with E-state index in [0.29, 0.717) is 18.9 Å². The summed E-state index contributed by atoms with van der Waals surface area (Å²) >= 11 is 1.55. The van der Waals surface area contributed by atoms with Gasteiger partial charge in [-0.1, -0.05) is 29.8 Å². The van der Waals surface area contributed by atoms with Crippen molar-refractivity contribution in [2.45, 2.75) is 24.8 Å². The summed E-state index contributed by atoms with van der Waals surface area (Å²) in [6.45, 7) is 5.03. The Morgan fingerprint density at radius 2 is 2.00 bits per heavy atom. The van der Waals surface area contributed by atoms with E-state index in [1.807, 2.05) is 24.3 Å². The molecule has 1 atom stereocenters. The lowest BCUT2D eigenvalue weighted by atomic mass is 10.2. The average molecular weight is 343 g/mol. The molecule has 0 unspecified atom stereocenters. The van der Waals surface area contributed by atoms with Crippen LogP contribution in [0.15, 0.2) is 47.4 Å². The van der Waals surface area contributed by atoms with Crippen LogP contribution < -0.4 is 14.8 Å². The van der Waals surface area contributed by atoms with Gasteiger partial charge in [-0.15, -0.1) is 11.8 Å². The van der Waals surface area contributed by atoms with Crippen LogP contribution in [-0.2, 0) is 4.79 Å². The average Bonchev–Trinajstić information content (AvgIpc) is 2.59. The summed E-state index contributed by atoms with van der Waals surface area (Å²) in [5.41, 5.74) is 2.43. The van der Waals surface area contributed by atoms with Gasteiger partial charge >= 0.3 is 0 Å². The van der Waals surface area contributed by atoms with Gasteiger partial charge in [-0.05, 0) is 37.6 Å². The van der Waals surface area contributed by atoms with Crippen LogP contribution in [0.4, 0.5) is 0 Å². The monoisotopic (exact) mass is 343 g/mol. The predicted molar refractivity (Wildman–Crippen MR) is 96.0 cm³/mol. The number of hydrogen-bond acceptors (Lipinski definition) is 4. The first-order chi connectivity index (χ1) is 11.6. The number of benzene rings is 2. The van der Waals surface area contributed by atoms with E-state index >= 15 is 0 Å². The fraction of sp³-hybridized carbons (Fsp3) is 0.316. The highest BCUT2D eigenvalue weighted by atomic mass is 32.2. The maximum atomic E-state index is 12.1. The molecule has 0 bridgehead atoms. The fourth-order valence-electron chi connectivity index (χ4n) is 2.55. The molecule has 0 radical (unpaired) electrons. The van der Waals surface area contributed by atoms with E-state index in [0.717, 1.165) is 16.4 Å². The van der Waals surface area contributed by atoms with Crippen molar-refractivity contribution < 1.29 is 14.3 Å². The van der Waals surface area contributed by atoms with Crippen LogP contribution in [0.5, 0.6) is 11.5 Å². The Bertz CT molecular complexity index is 732. The first kappa shape index (κ1) is 16.7. The van der Waals surface area contributed by atoms with Crippen molar-refractivity contribution in [1.82, 2.24) is 5.32 Å². The number of amides is 1. The van der Waals surface area contributed by atoms with E-state index in [1.165, 1.54) is 11.1 Å². The second-order valence-corrected chi connectivity index (χ2v) is 6.88. The first-order valence-electron chi connectivity index (χ1n) is 7.97. The maximum Gasteiger partial charge on any atom is 0.230 e. The molecule has 0 aliphatic carbocycles. The van der Waals surface area contributed by atoms with Gasteiger partial charge in [0.25, 0.3) is 0 Å². The third-order valence-electron chi connectivity index (χ3n) is 3.78. The fourth-order valence-corrected chi connectivity index (χ4v) is 3.39. The van der Waals surface area contributed by atoms with Crippen LogP contribution >= 0.6 is 11.8 Å². The zero-order chi connectivity index (χ0) is 16.9. The Labute approximate surface area is 146 Å². The van der Waals surface area contributed by atoms with Gasteiger partial charge in [-0.3, -0.25) is 4.79 Å². The van der Waals surface area contributed by atoms with Crippen LogP contribution in [0.25, 0.3) is 0 Å². The molecule has 1 aliphatic rings. The smallest absolute Gasteiger partial charge is 0.230 e. The molecule has 4 nitrogen and oxygen atoms in total. The van der Waals surface area contributed by atoms with Crippen LogP contribution in [0.1, 0.15) is 11.1 Å². The highest BCUT2D eigenvalue weighted by Crippen LogP contribution is 2.30. The molecule has 0 saturated carbocycles. The number of nitrogens with one attached hydrogen (secondary N) is 1. The topological polar surface area (TPSA) is 47.6 Å². The van der Waals surface area contributed by atoms with Crippen molar-refractivity contribution in [2.75, 3.05) is 18.9 Å². The van der Waals surface area contributed by atoms with E-state index in [9.17, 15) is 4.79 Å². The number of fused-ring (bicyclic) bond motifs is 1. The minimum atomic E-state index is -0.157. The zero-order valence-electron chi connectivity index (χ0n) is 13.9. The number of thioether (sulfide) groups is 1. The Kier molecular flexibility index (Phi) is 5.30. The third kappa shape index (κ3) is 4.23. The maximum absolute atomic E-state index is 12.1. The summed E-state index contributed by atoms with van der Waals surface area (Å²) in [6.07, 6.45) is -0.157. The molecule has 0 saturated heterocycles. The number of rotatable bonds is 5. The first-order valence-corrected chi connectivity index (χ1v) is 8.95. The van der Waals surface area contributed by atoms with Crippen molar-refractivity contribution >= 4 is 17.7 Å². The quantitative estimate of drug-likeness (QED) is 0.846. The molecule has 0 aromatic heterocycles. The molecule has 2 aromatic carbocycles. The molecule has 1 aliphatic heterocycles. The second kappa shape index (κ2) is 7.62. The number of aryl methyl sites for hydroxylation is 2. The Morgan fingerprint density at radius 3 is 2.79 bits per heavy atom. The van der Waals surface area contributed by atoms with Gasteiger partial charge in [0, 0.05) is 4.90 Å². The third-order valence-corrected chi connectivity index (χ3v) is 4.96. The Hall–Kier alpha value is -2.14. The number of carbonyl (C=O) groups excluding carboxylic acids is 1. The van der Waals surface area contributed by atoms with Crippen molar-refractivity contribution in [3.8, 4) is 11.5 Å². The lowest BCUT2D eigenvalue weighted by Gasteiger charge is -2.26. The molecule has 24 heavy (non-hydrogen) atoms. The van der Waals surface area contributed by atoms with E-state index in [2.05, 4.69) is 37.4 Å². The van der Waals surface area contributed by atoms with Crippen molar-refractivity contribution in [1.29, 1.82) is 0 Å². The summed E-state index contributed by atoms with van der Waals surface area (Å²) in [6, 6.07) is 13.8. The lowest BCUT2D eigenvalue weighted by Crippen LogP contribution is -2.41. The van der Waals surface area contributed by atoms with Gasteiger partial charge in [0.05, 0.1) is 12.3 Å². The van der Waals surface area contributed by atoms with Crippen LogP contribution in [-0.4, -0.2) is 30.9 Å². The molecular weight excluding hydrogens is 322 g/mol.